The molecule has 0 saturated carbocycles. The Balaban J connectivity index is 4.54. The van der Waals surface area contributed by atoms with Crippen LogP contribution in [-0.4, -0.2) is 30.3 Å². The van der Waals surface area contributed by atoms with Crippen molar-refractivity contribution < 1.29 is 22.5 Å². The summed E-state index contributed by atoms with van der Waals surface area (Å²) < 4.78 is 35.1. The van der Waals surface area contributed by atoms with Gasteiger partial charge in [0.1, 0.15) is 5.60 Å². The van der Waals surface area contributed by atoms with Crippen LogP contribution in [0.15, 0.2) is 0 Å². The van der Waals surface area contributed by atoms with Gasteiger partial charge in [-0.3, -0.25) is 9.35 Å². The van der Waals surface area contributed by atoms with Crippen molar-refractivity contribution in [3.8, 4) is 0 Å². The highest BCUT2D eigenvalue weighted by atomic mass is 32.2. The number of hydrogen-bond acceptors (Lipinski definition) is 4. The molecular weight excluding hydrogens is 256 g/mol. The number of ether oxygens (including phenoxy) is 1. The van der Waals surface area contributed by atoms with Crippen molar-refractivity contribution in [3.63, 3.8) is 0 Å². The van der Waals surface area contributed by atoms with Crippen LogP contribution in [0.3, 0.4) is 0 Å². The lowest BCUT2D eigenvalue weighted by Crippen LogP contribution is -2.36. The lowest BCUT2D eigenvalue weighted by molar-refractivity contribution is -0.158. The van der Waals surface area contributed by atoms with E-state index in [9.17, 15) is 13.2 Å². The first-order valence-electron chi connectivity index (χ1n) is 6.45. The van der Waals surface area contributed by atoms with E-state index in [4.69, 9.17) is 9.29 Å². The summed E-state index contributed by atoms with van der Waals surface area (Å²) in [6.45, 7) is 5.91. The Morgan fingerprint density at radius 2 is 1.72 bits per heavy atom. The van der Waals surface area contributed by atoms with Gasteiger partial charge in [0, 0.05) is 0 Å². The Morgan fingerprint density at radius 3 is 2.11 bits per heavy atom. The smallest absolute Gasteiger partial charge is 0.324 e. The van der Waals surface area contributed by atoms with Crippen LogP contribution < -0.4 is 0 Å². The molecule has 0 rings (SSSR count). The Hall–Kier alpha value is -0.620. The van der Waals surface area contributed by atoms with Crippen LogP contribution in [0.2, 0.25) is 0 Å². The summed E-state index contributed by atoms with van der Waals surface area (Å²) >= 11 is 0. The molecule has 1 N–H and O–H groups in total. The van der Waals surface area contributed by atoms with Gasteiger partial charge in [-0.05, 0) is 25.7 Å². The van der Waals surface area contributed by atoms with E-state index >= 15 is 0 Å². The van der Waals surface area contributed by atoms with Crippen LogP contribution in [-0.2, 0) is 19.6 Å². The summed E-state index contributed by atoms with van der Waals surface area (Å²) in [4.78, 5) is 11.5. The van der Waals surface area contributed by atoms with E-state index in [1.807, 2.05) is 13.8 Å². The zero-order chi connectivity index (χ0) is 14.2. The predicted octanol–water partition coefficient (Wildman–Crippen LogP) is 2.56. The van der Waals surface area contributed by atoms with Crippen LogP contribution >= 0.6 is 0 Å². The molecule has 0 radical (unpaired) electrons. The first-order valence-corrected chi connectivity index (χ1v) is 8.06. The molecule has 18 heavy (non-hydrogen) atoms. The van der Waals surface area contributed by atoms with Gasteiger partial charge in [0.05, 0.1) is 0 Å². The molecule has 5 nitrogen and oxygen atoms in total. The van der Waals surface area contributed by atoms with E-state index in [1.54, 1.807) is 0 Å². The molecule has 0 fully saturated rings. The summed E-state index contributed by atoms with van der Waals surface area (Å²) in [5.41, 5.74) is -0.600. The molecule has 108 valence electrons. The summed E-state index contributed by atoms with van der Waals surface area (Å²) in [5, 5.41) is 0. The third-order valence-electron chi connectivity index (χ3n) is 3.16. The Morgan fingerprint density at radius 1 is 1.17 bits per heavy atom. The van der Waals surface area contributed by atoms with Crippen molar-refractivity contribution in [2.75, 3.05) is 5.75 Å². The molecule has 0 amide bonds. The average molecular weight is 280 g/mol. The molecule has 0 aromatic carbocycles. The van der Waals surface area contributed by atoms with Crippen molar-refractivity contribution in [1.29, 1.82) is 0 Å². The van der Waals surface area contributed by atoms with E-state index in [0.717, 1.165) is 25.7 Å². The SMILES string of the molecule is CCCCCC(CC)(CC)OC(=O)CS(=O)(=O)O. The van der Waals surface area contributed by atoms with Crippen molar-refractivity contribution in [3.05, 3.63) is 0 Å². The second-order valence-electron chi connectivity index (χ2n) is 4.55. The maximum Gasteiger partial charge on any atom is 0.324 e. The van der Waals surface area contributed by atoms with Crippen molar-refractivity contribution in [2.24, 2.45) is 0 Å². The van der Waals surface area contributed by atoms with E-state index in [0.29, 0.717) is 12.8 Å². The Labute approximate surface area is 110 Å². The molecule has 0 saturated heterocycles. The number of esters is 1. The van der Waals surface area contributed by atoms with Gasteiger partial charge in [0.25, 0.3) is 10.1 Å². The molecule has 0 bridgehead atoms. The van der Waals surface area contributed by atoms with Crippen LogP contribution in [0, 0.1) is 0 Å². The van der Waals surface area contributed by atoms with Crippen LogP contribution in [0.5, 0.6) is 0 Å². The topological polar surface area (TPSA) is 80.7 Å². The van der Waals surface area contributed by atoms with Gasteiger partial charge in [0.2, 0.25) is 0 Å². The van der Waals surface area contributed by atoms with Crippen molar-refractivity contribution >= 4 is 16.1 Å². The molecule has 0 aromatic heterocycles. The minimum Gasteiger partial charge on any atom is -0.458 e. The van der Waals surface area contributed by atoms with Crippen molar-refractivity contribution in [2.45, 2.75) is 64.9 Å². The zero-order valence-corrected chi connectivity index (χ0v) is 12.3. The van der Waals surface area contributed by atoms with Gasteiger partial charge in [-0.25, -0.2) is 0 Å². The quantitative estimate of drug-likeness (QED) is 0.399. The van der Waals surface area contributed by atoms with E-state index in [2.05, 4.69) is 6.92 Å². The van der Waals surface area contributed by atoms with Crippen LogP contribution in [0.25, 0.3) is 0 Å². The van der Waals surface area contributed by atoms with E-state index < -0.39 is 27.4 Å². The fourth-order valence-corrected chi connectivity index (χ4v) is 2.27. The van der Waals surface area contributed by atoms with Gasteiger partial charge < -0.3 is 4.74 Å². The third-order valence-corrected chi connectivity index (χ3v) is 3.76. The molecule has 0 unspecified atom stereocenters. The van der Waals surface area contributed by atoms with Gasteiger partial charge in [0.15, 0.2) is 5.75 Å². The highest BCUT2D eigenvalue weighted by Crippen LogP contribution is 2.27. The van der Waals surface area contributed by atoms with Gasteiger partial charge >= 0.3 is 5.97 Å². The maximum absolute atomic E-state index is 11.5. The van der Waals surface area contributed by atoms with Gasteiger partial charge in [-0.1, -0.05) is 33.6 Å². The third kappa shape index (κ3) is 6.96. The second kappa shape index (κ2) is 7.74. The molecule has 0 atom stereocenters. The standard InChI is InChI=1S/C12H24O5S/c1-4-7-8-9-12(5-2,6-3)17-11(13)10-18(14,15)16/h4-10H2,1-3H3,(H,14,15,16). The fourth-order valence-electron chi connectivity index (χ4n) is 1.92. The number of unbranched alkanes of at least 4 members (excludes halogenated alkanes) is 2. The number of hydrogen-bond donors (Lipinski definition) is 1. The number of carbonyl (C=O) groups is 1. The largest absolute Gasteiger partial charge is 0.458 e. The van der Waals surface area contributed by atoms with Crippen LogP contribution in [0.4, 0.5) is 0 Å². The molecule has 0 spiro atoms. The van der Waals surface area contributed by atoms with E-state index in [-0.39, 0.29) is 0 Å². The van der Waals surface area contributed by atoms with Gasteiger partial charge in [-0.15, -0.1) is 0 Å². The highest BCUT2D eigenvalue weighted by Gasteiger charge is 2.31. The lowest BCUT2D eigenvalue weighted by atomic mass is 9.90. The summed E-state index contributed by atoms with van der Waals surface area (Å²) in [7, 11) is -4.31. The highest BCUT2D eigenvalue weighted by molar-refractivity contribution is 7.86. The maximum atomic E-state index is 11.5. The molecule has 0 aliphatic rings. The first-order chi connectivity index (χ1) is 8.28. The fraction of sp³-hybridized carbons (Fsp3) is 0.917. The Kier molecular flexibility index (Phi) is 7.47. The molecule has 0 heterocycles. The summed E-state index contributed by atoms with van der Waals surface area (Å²) in [5.74, 6) is -1.85. The van der Waals surface area contributed by atoms with Gasteiger partial charge in [-0.2, -0.15) is 8.42 Å². The van der Waals surface area contributed by atoms with Crippen LogP contribution in [0.1, 0.15) is 59.3 Å². The minimum atomic E-state index is -4.31. The number of carbonyl (C=O) groups excluding carboxylic acids is 1. The summed E-state index contributed by atoms with van der Waals surface area (Å²) in [6.07, 6.45) is 5.08. The Bertz CT molecular complexity index is 343. The number of rotatable bonds is 9. The lowest BCUT2D eigenvalue weighted by Gasteiger charge is -2.31. The first kappa shape index (κ1) is 17.4. The molecular formula is C12H24O5S. The molecule has 0 aromatic rings. The minimum absolute atomic E-state index is 0.600. The zero-order valence-electron chi connectivity index (χ0n) is 11.4. The summed E-state index contributed by atoms with van der Waals surface area (Å²) in [6, 6.07) is 0. The second-order valence-corrected chi connectivity index (χ2v) is 6.00. The molecule has 0 aliphatic carbocycles. The predicted molar refractivity (Wildman–Crippen MR) is 70.0 cm³/mol. The normalized spacial score (nSPS) is 12.4. The molecule has 0 aliphatic heterocycles. The average Bonchev–Trinajstić information content (AvgIpc) is 2.25. The monoisotopic (exact) mass is 280 g/mol. The van der Waals surface area contributed by atoms with Crippen molar-refractivity contribution in [1.82, 2.24) is 0 Å². The van der Waals surface area contributed by atoms with E-state index in [1.165, 1.54) is 0 Å². The molecule has 6 heteroatoms.